The monoisotopic (exact) mass is 319 g/mol. The molecule has 0 bridgehead atoms. The lowest BCUT2D eigenvalue weighted by atomic mass is 10.0. The number of ether oxygens (including phenoxy) is 1. The summed E-state index contributed by atoms with van der Waals surface area (Å²) in [5.74, 6) is 2.15. The summed E-state index contributed by atoms with van der Waals surface area (Å²) in [7, 11) is 2.14. The van der Waals surface area contributed by atoms with Crippen LogP contribution in [0.4, 0.5) is 0 Å². The molecule has 0 amide bonds. The van der Waals surface area contributed by atoms with Gasteiger partial charge in [-0.15, -0.1) is 12.4 Å². The summed E-state index contributed by atoms with van der Waals surface area (Å²) in [4.78, 5) is 7.02. The van der Waals surface area contributed by atoms with Crippen LogP contribution < -0.4 is 4.74 Å². The Hall–Kier alpha value is -1.68. The SMILES string of the molecule is CCCOc1ccc2c(c1)c1c3n2CCN(C)C3=NCC1.Cl. The highest BCUT2D eigenvalue weighted by Crippen LogP contribution is 2.34. The first kappa shape index (κ1) is 15.2. The standard InChI is InChI=1S/C17H21N3O.ClH/c1-3-10-21-12-4-5-15-14(11-12)13-6-7-18-17-16(13)20(15)9-8-19(17)2;/h4-5,11H,3,6-10H2,1-2H3;1H. The van der Waals surface area contributed by atoms with Gasteiger partial charge in [-0.3, -0.25) is 4.99 Å². The Kier molecular flexibility index (Phi) is 4.04. The Bertz CT molecular complexity index is 735. The third-order valence-electron chi connectivity index (χ3n) is 4.47. The molecule has 0 saturated heterocycles. The summed E-state index contributed by atoms with van der Waals surface area (Å²) in [5.41, 5.74) is 4.10. The van der Waals surface area contributed by atoms with Gasteiger partial charge in [-0.05, 0) is 36.6 Å². The Balaban J connectivity index is 0.00000144. The smallest absolute Gasteiger partial charge is 0.148 e. The maximum atomic E-state index is 5.81. The zero-order valence-corrected chi connectivity index (χ0v) is 13.9. The molecule has 0 radical (unpaired) electrons. The van der Waals surface area contributed by atoms with Gasteiger partial charge in [0.15, 0.2) is 0 Å². The molecule has 0 unspecified atom stereocenters. The Morgan fingerprint density at radius 1 is 1.27 bits per heavy atom. The number of fused-ring (bicyclic) bond motifs is 3. The summed E-state index contributed by atoms with van der Waals surface area (Å²) >= 11 is 0. The number of nitrogens with zero attached hydrogens (tertiary/aromatic N) is 3. The third kappa shape index (κ3) is 2.17. The maximum absolute atomic E-state index is 5.81. The quantitative estimate of drug-likeness (QED) is 0.870. The van der Waals surface area contributed by atoms with Crippen LogP contribution in [0.1, 0.15) is 24.6 Å². The van der Waals surface area contributed by atoms with Crippen LogP contribution in [0.25, 0.3) is 10.9 Å². The zero-order chi connectivity index (χ0) is 14.4. The van der Waals surface area contributed by atoms with Gasteiger partial charge >= 0.3 is 0 Å². The van der Waals surface area contributed by atoms with E-state index in [0.29, 0.717) is 0 Å². The molecule has 1 aromatic heterocycles. The Labute approximate surface area is 137 Å². The number of benzene rings is 1. The second-order valence-electron chi connectivity index (χ2n) is 5.88. The van der Waals surface area contributed by atoms with Crippen LogP contribution in [-0.4, -0.2) is 42.0 Å². The van der Waals surface area contributed by atoms with Crippen molar-refractivity contribution in [1.29, 1.82) is 0 Å². The fourth-order valence-corrected chi connectivity index (χ4v) is 3.46. The average molecular weight is 320 g/mol. The van der Waals surface area contributed by atoms with Crippen LogP contribution in [0.2, 0.25) is 0 Å². The average Bonchev–Trinajstić information content (AvgIpc) is 2.84. The van der Waals surface area contributed by atoms with E-state index in [1.165, 1.54) is 22.2 Å². The molecule has 0 N–H and O–H groups in total. The van der Waals surface area contributed by atoms with Gasteiger partial charge in [0, 0.05) is 37.6 Å². The Morgan fingerprint density at radius 2 is 2.14 bits per heavy atom. The molecule has 4 nitrogen and oxygen atoms in total. The molecule has 0 spiro atoms. The van der Waals surface area contributed by atoms with Crippen molar-refractivity contribution in [2.24, 2.45) is 4.99 Å². The molecule has 0 aliphatic carbocycles. The Morgan fingerprint density at radius 3 is 2.95 bits per heavy atom. The molecule has 118 valence electrons. The van der Waals surface area contributed by atoms with Crippen molar-refractivity contribution in [3.63, 3.8) is 0 Å². The number of halogens is 1. The van der Waals surface area contributed by atoms with Crippen molar-refractivity contribution in [3.05, 3.63) is 29.5 Å². The first-order valence-electron chi connectivity index (χ1n) is 7.83. The van der Waals surface area contributed by atoms with E-state index in [-0.39, 0.29) is 12.4 Å². The molecule has 0 atom stereocenters. The molecule has 0 saturated carbocycles. The molecule has 22 heavy (non-hydrogen) atoms. The van der Waals surface area contributed by atoms with Gasteiger partial charge in [-0.1, -0.05) is 6.92 Å². The van der Waals surface area contributed by atoms with Crippen LogP contribution >= 0.6 is 12.4 Å². The first-order chi connectivity index (χ1) is 10.3. The third-order valence-corrected chi connectivity index (χ3v) is 4.47. The van der Waals surface area contributed by atoms with E-state index in [2.05, 4.69) is 41.6 Å². The lowest BCUT2D eigenvalue weighted by molar-refractivity contribution is 0.318. The van der Waals surface area contributed by atoms with Crippen molar-refractivity contribution in [3.8, 4) is 5.75 Å². The fraction of sp³-hybridized carbons (Fsp3) is 0.471. The van der Waals surface area contributed by atoms with E-state index in [1.54, 1.807) is 0 Å². The molecule has 3 heterocycles. The minimum Gasteiger partial charge on any atom is -0.494 e. The maximum Gasteiger partial charge on any atom is 0.148 e. The van der Waals surface area contributed by atoms with E-state index in [1.807, 2.05) is 0 Å². The van der Waals surface area contributed by atoms with Crippen molar-refractivity contribution < 1.29 is 4.74 Å². The topological polar surface area (TPSA) is 29.8 Å². The lowest BCUT2D eigenvalue weighted by Gasteiger charge is -2.31. The summed E-state index contributed by atoms with van der Waals surface area (Å²) in [6, 6.07) is 6.53. The molecule has 1 aromatic carbocycles. The lowest BCUT2D eigenvalue weighted by Crippen LogP contribution is -2.39. The van der Waals surface area contributed by atoms with E-state index < -0.39 is 0 Å². The number of aromatic nitrogens is 1. The molecule has 2 aliphatic heterocycles. The fourth-order valence-electron chi connectivity index (χ4n) is 3.46. The van der Waals surface area contributed by atoms with Gasteiger partial charge in [0.1, 0.15) is 11.6 Å². The van der Waals surface area contributed by atoms with Crippen LogP contribution in [-0.2, 0) is 13.0 Å². The molecule has 2 aromatic rings. The van der Waals surface area contributed by atoms with Crippen LogP contribution in [0.3, 0.4) is 0 Å². The van der Waals surface area contributed by atoms with Crippen LogP contribution in [0.15, 0.2) is 23.2 Å². The van der Waals surface area contributed by atoms with Crippen LogP contribution in [0, 0.1) is 0 Å². The normalized spacial score (nSPS) is 16.1. The summed E-state index contributed by atoms with van der Waals surface area (Å²) in [6.45, 7) is 5.88. The highest BCUT2D eigenvalue weighted by molar-refractivity contribution is 6.06. The molecule has 0 fully saturated rings. The van der Waals surface area contributed by atoms with Crippen molar-refractivity contribution in [2.75, 3.05) is 26.7 Å². The van der Waals surface area contributed by atoms with Crippen molar-refractivity contribution in [1.82, 2.24) is 9.47 Å². The van der Waals surface area contributed by atoms with E-state index in [0.717, 1.165) is 50.7 Å². The van der Waals surface area contributed by atoms with Gasteiger partial charge in [0.25, 0.3) is 0 Å². The number of amidine groups is 1. The summed E-state index contributed by atoms with van der Waals surface area (Å²) in [6.07, 6.45) is 2.08. The largest absolute Gasteiger partial charge is 0.494 e. The number of aliphatic imine (C=N–C) groups is 1. The zero-order valence-electron chi connectivity index (χ0n) is 13.1. The van der Waals surface area contributed by atoms with Crippen LogP contribution in [0.5, 0.6) is 5.75 Å². The summed E-state index contributed by atoms with van der Waals surface area (Å²) in [5, 5.41) is 1.35. The minimum atomic E-state index is 0. The molecule has 4 rings (SSSR count). The van der Waals surface area contributed by atoms with Crippen molar-refractivity contribution >= 4 is 29.1 Å². The molecule has 2 aliphatic rings. The number of likely N-dealkylation sites (N-methyl/N-ethyl adjacent to an activating group) is 1. The highest BCUT2D eigenvalue weighted by Gasteiger charge is 2.29. The number of hydrogen-bond acceptors (Lipinski definition) is 3. The molecular weight excluding hydrogens is 298 g/mol. The van der Waals surface area contributed by atoms with Crippen molar-refractivity contribution in [2.45, 2.75) is 26.3 Å². The number of rotatable bonds is 3. The first-order valence-corrected chi connectivity index (χ1v) is 7.83. The minimum absolute atomic E-state index is 0. The van der Waals surface area contributed by atoms with Gasteiger partial charge in [0.05, 0.1) is 12.3 Å². The summed E-state index contributed by atoms with van der Waals surface area (Å²) < 4.78 is 8.25. The predicted molar refractivity (Wildman–Crippen MR) is 92.7 cm³/mol. The molecular formula is C17H22ClN3O. The predicted octanol–water partition coefficient (Wildman–Crippen LogP) is 3.10. The van der Waals surface area contributed by atoms with Gasteiger partial charge in [-0.2, -0.15) is 0 Å². The second kappa shape index (κ2) is 5.84. The molecule has 5 heteroatoms. The van der Waals surface area contributed by atoms with E-state index in [4.69, 9.17) is 9.73 Å². The van der Waals surface area contributed by atoms with E-state index in [9.17, 15) is 0 Å². The van der Waals surface area contributed by atoms with Gasteiger partial charge < -0.3 is 14.2 Å². The second-order valence-corrected chi connectivity index (χ2v) is 5.88. The van der Waals surface area contributed by atoms with E-state index >= 15 is 0 Å². The highest BCUT2D eigenvalue weighted by atomic mass is 35.5. The van der Waals surface area contributed by atoms with Gasteiger partial charge in [0.2, 0.25) is 0 Å². The number of hydrogen-bond donors (Lipinski definition) is 0. The van der Waals surface area contributed by atoms with Gasteiger partial charge in [-0.25, -0.2) is 0 Å².